The van der Waals surface area contributed by atoms with Gasteiger partial charge in [0.2, 0.25) is 0 Å². The van der Waals surface area contributed by atoms with E-state index in [9.17, 15) is 5.11 Å². The van der Waals surface area contributed by atoms with E-state index >= 15 is 0 Å². The van der Waals surface area contributed by atoms with Gasteiger partial charge < -0.3 is 5.11 Å². The molecule has 1 aromatic carbocycles. The quantitative estimate of drug-likeness (QED) is 0.878. The summed E-state index contributed by atoms with van der Waals surface area (Å²) in [5.41, 5.74) is 2.23. The molecule has 1 atom stereocenters. The number of rotatable bonds is 4. The van der Waals surface area contributed by atoms with Crippen LogP contribution in [0.4, 0.5) is 0 Å². The number of hydrogen-bond acceptors (Lipinski definition) is 2. The van der Waals surface area contributed by atoms with E-state index in [-0.39, 0.29) is 0 Å². The lowest BCUT2D eigenvalue weighted by Crippen LogP contribution is -2.02. The third-order valence-corrected chi connectivity index (χ3v) is 4.26. The number of benzene rings is 1. The van der Waals surface area contributed by atoms with Crippen LogP contribution in [0, 0.1) is 0 Å². The zero-order valence-corrected chi connectivity index (χ0v) is 11.3. The summed E-state index contributed by atoms with van der Waals surface area (Å²) in [6, 6.07) is 9.75. The molecule has 0 amide bonds. The van der Waals surface area contributed by atoms with Crippen molar-refractivity contribution < 1.29 is 5.11 Å². The predicted octanol–water partition coefficient (Wildman–Crippen LogP) is 4.24. The van der Waals surface area contributed by atoms with E-state index in [1.807, 2.05) is 29.6 Å². The highest BCUT2D eigenvalue weighted by Gasteiger charge is 2.14. The number of aliphatic hydroxyl groups excluding tert-OH is 1. The van der Waals surface area contributed by atoms with Gasteiger partial charge in [-0.2, -0.15) is 0 Å². The third-order valence-electron chi connectivity index (χ3n) is 2.84. The van der Waals surface area contributed by atoms with Crippen LogP contribution in [0.15, 0.2) is 35.7 Å². The molecule has 0 aliphatic carbocycles. The molecule has 0 fully saturated rings. The highest BCUT2D eigenvalue weighted by atomic mass is 35.5. The Kier molecular flexibility index (Phi) is 4.21. The minimum Gasteiger partial charge on any atom is -0.387 e. The number of aliphatic hydroxyl groups is 1. The van der Waals surface area contributed by atoms with Crippen LogP contribution in [0.5, 0.6) is 0 Å². The van der Waals surface area contributed by atoms with Crippen LogP contribution in [-0.4, -0.2) is 5.11 Å². The van der Waals surface area contributed by atoms with E-state index in [1.54, 1.807) is 11.3 Å². The molecule has 0 aliphatic rings. The highest BCUT2D eigenvalue weighted by molar-refractivity contribution is 7.10. The molecule has 2 rings (SSSR count). The first kappa shape index (κ1) is 12.6. The summed E-state index contributed by atoms with van der Waals surface area (Å²) in [5, 5.41) is 13.0. The van der Waals surface area contributed by atoms with E-state index in [0.29, 0.717) is 6.42 Å². The van der Waals surface area contributed by atoms with E-state index < -0.39 is 6.10 Å². The van der Waals surface area contributed by atoms with Crippen molar-refractivity contribution in [1.82, 2.24) is 0 Å². The van der Waals surface area contributed by atoms with E-state index in [4.69, 9.17) is 11.6 Å². The van der Waals surface area contributed by atoms with Gasteiger partial charge in [-0.25, -0.2) is 0 Å². The summed E-state index contributed by atoms with van der Waals surface area (Å²) in [6.45, 7) is 2.10. The lowest BCUT2D eigenvalue weighted by Gasteiger charge is -2.12. The van der Waals surface area contributed by atoms with Gasteiger partial charge in [0.15, 0.2) is 0 Å². The molecule has 1 nitrogen and oxygen atoms in total. The van der Waals surface area contributed by atoms with E-state index in [0.717, 1.165) is 21.9 Å². The smallest absolute Gasteiger partial charge is 0.0925 e. The van der Waals surface area contributed by atoms with Crippen molar-refractivity contribution in [2.24, 2.45) is 0 Å². The number of halogens is 1. The fourth-order valence-corrected chi connectivity index (χ4v) is 3.09. The summed E-state index contributed by atoms with van der Waals surface area (Å²) in [7, 11) is 0. The average Bonchev–Trinajstić information content (AvgIpc) is 2.80. The predicted molar refractivity (Wildman–Crippen MR) is 73.8 cm³/mol. The molecule has 0 spiro atoms. The van der Waals surface area contributed by atoms with Crippen molar-refractivity contribution in [2.45, 2.75) is 25.9 Å². The minimum atomic E-state index is -0.454. The second-order valence-corrected chi connectivity index (χ2v) is 5.33. The largest absolute Gasteiger partial charge is 0.387 e. The third kappa shape index (κ3) is 2.89. The Labute approximate surface area is 111 Å². The van der Waals surface area contributed by atoms with Crippen LogP contribution < -0.4 is 0 Å². The van der Waals surface area contributed by atoms with Gasteiger partial charge in [-0.3, -0.25) is 0 Å². The Morgan fingerprint density at radius 2 is 2.00 bits per heavy atom. The second kappa shape index (κ2) is 5.67. The normalized spacial score (nSPS) is 12.6. The zero-order valence-electron chi connectivity index (χ0n) is 9.69. The fourth-order valence-electron chi connectivity index (χ4n) is 1.90. The Morgan fingerprint density at radius 3 is 2.71 bits per heavy atom. The first-order valence-electron chi connectivity index (χ1n) is 5.70. The highest BCUT2D eigenvalue weighted by Crippen LogP contribution is 2.29. The fraction of sp³-hybridized carbons (Fsp3) is 0.286. The number of aryl methyl sites for hydroxylation is 1. The van der Waals surface area contributed by atoms with Crippen molar-refractivity contribution in [1.29, 1.82) is 0 Å². The molecule has 0 aliphatic heterocycles. The van der Waals surface area contributed by atoms with Crippen LogP contribution in [0.3, 0.4) is 0 Å². The lowest BCUT2D eigenvalue weighted by atomic mass is 10.0. The Morgan fingerprint density at radius 1 is 1.24 bits per heavy atom. The Balaban J connectivity index is 2.17. The number of thiophene rings is 1. The lowest BCUT2D eigenvalue weighted by molar-refractivity contribution is 0.181. The van der Waals surface area contributed by atoms with Crippen LogP contribution >= 0.6 is 22.9 Å². The summed E-state index contributed by atoms with van der Waals surface area (Å²) in [6.07, 6.45) is 1.08. The molecule has 2 aromatic rings. The monoisotopic (exact) mass is 266 g/mol. The summed E-state index contributed by atoms with van der Waals surface area (Å²) in [4.78, 5) is 1.06. The molecule has 90 valence electrons. The van der Waals surface area contributed by atoms with Crippen molar-refractivity contribution in [3.8, 4) is 0 Å². The summed E-state index contributed by atoms with van der Waals surface area (Å²) >= 11 is 7.71. The first-order chi connectivity index (χ1) is 8.22. The Hall–Kier alpha value is -0.830. The van der Waals surface area contributed by atoms with Gasteiger partial charge in [0.1, 0.15) is 0 Å². The first-order valence-corrected chi connectivity index (χ1v) is 6.96. The van der Waals surface area contributed by atoms with Gasteiger partial charge in [0.25, 0.3) is 0 Å². The molecule has 3 heteroatoms. The van der Waals surface area contributed by atoms with Crippen LogP contribution in [0.25, 0.3) is 0 Å². The van der Waals surface area contributed by atoms with Gasteiger partial charge in [0.05, 0.1) is 6.10 Å². The molecule has 17 heavy (non-hydrogen) atoms. The molecule has 0 saturated carbocycles. The van der Waals surface area contributed by atoms with Crippen LogP contribution in [0.1, 0.15) is 29.0 Å². The van der Waals surface area contributed by atoms with E-state index in [2.05, 4.69) is 13.0 Å². The van der Waals surface area contributed by atoms with Gasteiger partial charge in [-0.05, 0) is 35.1 Å². The van der Waals surface area contributed by atoms with E-state index in [1.165, 1.54) is 5.56 Å². The van der Waals surface area contributed by atoms with Crippen molar-refractivity contribution in [3.05, 3.63) is 56.7 Å². The van der Waals surface area contributed by atoms with Gasteiger partial charge >= 0.3 is 0 Å². The van der Waals surface area contributed by atoms with Crippen LogP contribution in [0.2, 0.25) is 5.02 Å². The van der Waals surface area contributed by atoms with Crippen molar-refractivity contribution in [2.75, 3.05) is 0 Å². The Bertz CT molecular complexity index is 492. The molecule has 1 heterocycles. The minimum absolute atomic E-state index is 0.454. The zero-order chi connectivity index (χ0) is 12.3. The van der Waals surface area contributed by atoms with Gasteiger partial charge in [-0.15, -0.1) is 11.3 Å². The maximum Gasteiger partial charge on any atom is 0.0925 e. The summed E-state index contributed by atoms with van der Waals surface area (Å²) in [5.74, 6) is 0. The van der Waals surface area contributed by atoms with Crippen LogP contribution in [-0.2, 0) is 12.8 Å². The molecule has 1 aromatic heterocycles. The molecule has 0 saturated heterocycles. The average molecular weight is 267 g/mol. The summed E-state index contributed by atoms with van der Waals surface area (Å²) < 4.78 is 0. The van der Waals surface area contributed by atoms with Crippen molar-refractivity contribution >= 4 is 22.9 Å². The van der Waals surface area contributed by atoms with Gasteiger partial charge in [0, 0.05) is 16.3 Å². The molecular formula is C14H15ClOS. The van der Waals surface area contributed by atoms with Crippen molar-refractivity contribution in [3.63, 3.8) is 0 Å². The molecule has 0 radical (unpaired) electrons. The second-order valence-electron chi connectivity index (χ2n) is 3.97. The maximum atomic E-state index is 10.3. The van der Waals surface area contributed by atoms with Gasteiger partial charge in [-0.1, -0.05) is 36.7 Å². The maximum absolute atomic E-state index is 10.3. The molecular weight excluding hydrogens is 252 g/mol. The molecule has 1 N–H and O–H groups in total. The number of hydrogen-bond donors (Lipinski definition) is 1. The standard InChI is InChI=1S/C14H15ClOS/c1-2-10-7-8-17-14(10)13(16)9-11-5-3-4-6-12(11)15/h3-8,13,16H,2,9H2,1H3. The molecule has 1 unspecified atom stereocenters. The molecule has 0 bridgehead atoms. The topological polar surface area (TPSA) is 20.2 Å². The SMILES string of the molecule is CCc1ccsc1C(O)Cc1ccccc1Cl.